The first-order chi connectivity index (χ1) is 9.69. The molecule has 0 aliphatic heterocycles. The van der Waals surface area contributed by atoms with E-state index in [0.29, 0.717) is 17.5 Å². The maximum atomic E-state index is 11.9. The van der Waals surface area contributed by atoms with E-state index in [1.165, 1.54) is 19.3 Å². The topological polar surface area (TPSA) is 64.9 Å². The minimum Gasteiger partial charge on any atom is -0.376 e. The molecule has 2 rings (SSSR count). The van der Waals surface area contributed by atoms with Gasteiger partial charge in [0.05, 0.1) is 18.2 Å². The molecule has 1 saturated carbocycles. The molecule has 1 aromatic carbocycles. The molecule has 20 heavy (non-hydrogen) atoms. The van der Waals surface area contributed by atoms with Crippen LogP contribution >= 0.6 is 0 Å². The number of nitriles is 1. The van der Waals surface area contributed by atoms with Gasteiger partial charge >= 0.3 is 0 Å². The van der Waals surface area contributed by atoms with E-state index in [1.807, 2.05) is 12.1 Å². The van der Waals surface area contributed by atoms with E-state index in [2.05, 4.69) is 23.6 Å². The molecule has 4 nitrogen and oxygen atoms in total. The summed E-state index contributed by atoms with van der Waals surface area (Å²) in [6.07, 6.45) is 4.75. The second-order valence-corrected chi connectivity index (χ2v) is 5.48. The quantitative estimate of drug-likeness (QED) is 0.885. The molecule has 1 aliphatic rings. The number of benzene rings is 1. The summed E-state index contributed by atoms with van der Waals surface area (Å²) in [5.41, 5.74) is 1.40. The maximum Gasteiger partial charge on any atom is 0.239 e. The number of nitrogens with one attached hydrogen (secondary N) is 2. The second-order valence-electron chi connectivity index (χ2n) is 5.48. The third kappa shape index (κ3) is 3.99. The Hall–Kier alpha value is -2.02. The number of hydrogen-bond acceptors (Lipinski definition) is 3. The lowest BCUT2D eigenvalue weighted by atomic mass is 9.86. The monoisotopic (exact) mass is 271 g/mol. The molecule has 0 unspecified atom stereocenters. The van der Waals surface area contributed by atoms with Gasteiger partial charge in [0.2, 0.25) is 5.91 Å². The normalized spacial score (nSPS) is 21.8. The van der Waals surface area contributed by atoms with Crippen molar-refractivity contribution in [2.45, 2.75) is 38.6 Å². The predicted molar refractivity (Wildman–Crippen MR) is 79.2 cm³/mol. The van der Waals surface area contributed by atoms with Crippen molar-refractivity contribution in [2.24, 2.45) is 5.92 Å². The predicted octanol–water partition coefficient (Wildman–Crippen LogP) is 2.67. The van der Waals surface area contributed by atoms with Crippen LogP contribution in [-0.4, -0.2) is 18.5 Å². The molecule has 106 valence electrons. The molecule has 0 heterocycles. The molecule has 1 amide bonds. The highest BCUT2D eigenvalue weighted by Gasteiger charge is 2.22. The lowest BCUT2D eigenvalue weighted by Crippen LogP contribution is -2.43. The van der Waals surface area contributed by atoms with Crippen LogP contribution in [-0.2, 0) is 4.79 Å². The van der Waals surface area contributed by atoms with Gasteiger partial charge in [-0.15, -0.1) is 0 Å². The van der Waals surface area contributed by atoms with Gasteiger partial charge in [-0.1, -0.05) is 25.8 Å². The second kappa shape index (κ2) is 6.95. The van der Waals surface area contributed by atoms with Crippen molar-refractivity contribution >= 4 is 11.6 Å². The number of anilines is 1. The summed E-state index contributed by atoms with van der Waals surface area (Å²) in [7, 11) is 0. The van der Waals surface area contributed by atoms with Crippen LogP contribution in [0.15, 0.2) is 24.3 Å². The molecule has 4 heteroatoms. The summed E-state index contributed by atoms with van der Waals surface area (Å²) in [4.78, 5) is 11.9. The molecule has 1 aliphatic carbocycles. The Morgan fingerprint density at radius 2 is 2.20 bits per heavy atom. The molecule has 0 saturated heterocycles. The summed E-state index contributed by atoms with van der Waals surface area (Å²) in [5.74, 6) is 0.584. The minimum absolute atomic E-state index is 0.0195. The van der Waals surface area contributed by atoms with E-state index < -0.39 is 0 Å². The Balaban J connectivity index is 1.81. The van der Waals surface area contributed by atoms with Gasteiger partial charge in [-0.05, 0) is 37.0 Å². The fourth-order valence-corrected chi connectivity index (χ4v) is 2.67. The van der Waals surface area contributed by atoms with Crippen LogP contribution in [0.3, 0.4) is 0 Å². The fraction of sp³-hybridized carbons (Fsp3) is 0.500. The number of carbonyl (C=O) groups excluding carboxylic acids is 1. The van der Waals surface area contributed by atoms with Crippen LogP contribution in [0.4, 0.5) is 5.69 Å². The smallest absolute Gasteiger partial charge is 0.239 e. The SMILES string of the molecule is C[C@H]1CCCC[C@H]1NC(=O)CNc1cccc(C#N)c1. The van der Waals surface area contributed by atoms with Gasteiger partial charge in [0.15, 0.2) is 0 Å². The molecule has 0 aromatic heterocycles. The van der Waals surface area contributed by atoms with E-state index in [0.717, 1.165) is 12.1 Å². The summed E-state index contributed by atoms with van der Waals surface area (Å²) in [6, 6.07) is 9.55. The van der Waals surface area contributed by atoms with Crippen molar-refractivity contribution in [2.75, 3.05) is 11.9 Å². The fourth-order valence-electron chi connectivity index (χ4n) is 2.67. The number of hydrogen-bond donors (Lipinski definition) is 2. The number of rotatable bonds is 4. The molecule has 2 N–H and O–H groups in total. The van der Waals surface area contributed by atoms with Gasteiger partial charge in [-0.3, -0.25) is 4.79 Å². The zero-order chi connectivity index (χ0) is 14.4. The van der Waals surface area contributed by atoms with Gasteiger partial charge in [-0.25, -0.2) is 0 Å². The van der Waals surface area contributed by atoms with Crippen molar-refractivity contribution in [1.29, 1.82) is 5.26 Å². The van der Waals surface area contributed by atoms with Crippen molar-refractivity contribution < 1.29 is 4.79 Å². The molecular weight excluding hydrogens is 250 g/mol. The van der Waals surface area contributed by atoms with Crippen molar-refractivity contribution in [1.82, 2.24) is 5.32 Å². The molecule has 0 bridgehead atoms. The van der Waals surface area contributed by atoms with Crippen LogP contribution in [0.2, 0.25) is 0 Å². The molecule has 0 radical (unpaired) electrons. The molecule has 1 fully saturated rings. The molecule has 0 spiro atoms. The number of nitrogens with zero attached hydrogens (tertiary/aromatic N) is 1. The van der Waals surface area contributed by atoms with Crippen LogP contribution in [0.1, 0.15) is 38.2 Å². The van der Waals surface area contributed by atoms with Crippen molar-refractivity contribution in [3.8, 4) is 6.07 Å². The summed E-state index contributed by atoms with van der Waals surface area (Å²) < 4.78 is 0. The van der Waals surface area contributed by atoms with Crippen molar-refractivity contribution in [3.63, 3.8) is 0 Å². The molecular formula is C16H21N3O. The first-order valence-corrected chi connectivity index (χ1v) is 7.22. The van der Waals surface area contributed by atoms with Crippen LogP contribution in [0.5, 0.6) is 0 Å². The molecule has 1 aromatic rings. The largest absolute Gasteiger partial charge is 0.376 e. The Kier molecular flexibility index (Phi) is 5.00. The van der Waals surface area contributed by atoms with E-state index in [4.69, 9.17) is 5.26 Å². The first-order valence-electron chi connectivity index (χ1n) is 7.22. The van der Waals surface area contributed by atoms with Crippen LogP contribution in [0, 0.1) is 17.2 Å². The summed E-state index contributed by atoms with van der Waals surface area (Å²) in [6.45, 7) is 2.45. The zero-order valence-corrected chi connectivity index (χ0v) is 11.9. The minimum atomic E-state index is 0.0195. The van der Waals surface area contributed by atoms with E-state index in [9.17, 15) is 4.79 Å². The molecule has 2 atom stereocenters. The van der Waals surface area contributed by atoms with Gasteiger partial charge in [-0.2, -0.15) is 5.26 Å². The number of amides is 1. The lowest BCUT2D eigenvalue weighted by Gasteiger charge is -2.29. The van der Waals surface area contributed by atoms with E-state index in [1.54, 1.807) is 12.1 Å². The average molecular weight is 271 g/mol. The summed E-state index contributed by atoms with van der Waals surface area (Å²) >= 11 is 0. The standard InChI is InChI=1S/C16H21N3O/c1-12-5-2-3-8-15(12)19-16(20)11-18-14-7-4-6-13(9-14)10-17/h4,6-7,9,12,15,18H,2-3,5,8,11H2,1H3,(H,19,20)/t12-,15+/m0/s1. The Morgan fingerprint density at radius 1 is 1.40 bits per heavy atom. The average Bonchev–Trinajstić information content (AvgIpc) is 2.48. The van der Waals surface area contributed by atoms with Crippen molar-refractivity contribution in [3.05, 3.63) is 29.8 Å². The first kappa shape index (κ1) is 14.4. The van der Waals surface area contributed by atoms with E-state index in [-0.39, 0.29) is 12.5 Å². The third-order valence-corrected chi connectivity index (χ3v) is 3.90. The van der Waals surface area contributed by atoms with Gasteiger partial charge < -0.3 is 10.6 Å². The Bertz CT molecular complexity index is 507. The summed E-state index contributed by atoms with van der Waals surface area (Å²) in [5, 5.41) is 15.0. The Morgan fingerprint density at radius 3 is 2.95 bits per heavy atom. The van der Waals surface area contributed by atoms with E-state index >= 15 is 0 Å². The van der Waals surface area contributed by atoms with Crippen LogP contribution in [0.25, 0.3) is 0 Å². The lowest BCUT2D eigenvalue weighted by molar-refractivity contribution is -0.120. The van der Waals surface area contributed by atoms with Crippen LogP contribution < -0.4 is 10.6 Å². The highest BCUT2D eigenvalue weighted by atomic mass is 16.1. The van der Waals surface area contributed by atoms with Gasteiger partial charge in [0, 0.05) is 11.7 Å². The third-order valence-electron chi connectivity index (χ3n) is 3.90. The van der Waals surface area contributed by atoms with Gasteiger partial charge in [0.1, 0.15) is 0 Å². The van der Waals surface area contributed by atoms with Gasteiger partial charge in [0.25, 0.3) is 0 Å². The highest BCUT2D eigenvalue weighted by molar-refractivity contribution is 5.81. The maximum absolute atomic E-state index is 11.9. The number of carbonyl (C=O) groups is 1. The Labute approximate surface area is 120 Å². The highest BCUT2D eigenvalue weighted by Crippen LogP contribution is 2.23. The zero-order valence-electron chi connectivity index (χ0n) is 11.9.